The van der Waals surface area contributed by atoms with E-state index in [0.717, 1.165) is 25.1 Å². The Labute approximate surface area is 113 Å². The second-order valence-electron chi connectivity index (χ2n) is 4.48. The summed E-state index contributed by atoms with van der Waals surface area (Å²) >= 11 is 5.91. The van der Waals surface area contributed by atoms with Gasteiger partial charge in [-0.05, 0) is 32.6 Å². The number of hydrogen-bond donors (Lipinski definition) is 1. The lowest BCUT2D eigenvalue weighted by Gasteiger charge is -2.11. The minimum Gasteiger partial charge on any atom is -0.351 e. The lowest BCUT2D eigenvalue weighted by atomic mass is 10.1. The second kappa shape index (κ2) is 7.34. The molecule has 0 saturated heterocycles. The van der Waals surface area contributed by atoms with Crippen molar-refractivity contribution >= 4 is 17.5 Å². The molecule has 1 aromatic heterocycles. The molecule has 1 rings (SSSR count). The van der Waals surface area contributed by atoms with Gasteiger partial charge in [0.1, 0.15) is 5.15 Å². The van der Waals surface area contributed by atoms with Crippen LogP contribution in [0.15, 0.2) is 12.1 Å². The molecule has 0 aliphatic rings. The van der Waals surface area contributed by atoms with Crippen molar-refractivity contribution in [3.8, 4) is 0 Å². The maximum Gasteiger partial charge on any atom is 0.251 e. The first-order valence-corrected chi connectivity index (χ1v) is 6.50. The third kappa shape index (κ3) is 5.02. The first-order valence-electron chi connectivity index (χ1n) is 6.12. The van der Waals surface area contributed by atoms with E-state index in [2.05, 4.69) is 17.2 Å². The summed E-state index contributed by atoms with van der Waals surface area (Å²) < 4.78 is 0. The van der Waals surface area contributed by atoms with Crippen LogP contribution in [0.2, 0.25) is 5.15 Å². The topological polar surface area (TPSA) is 45.2 Å². The van der Waals surface area contributed by atoms with Gasteiger partial charge < -0.3 is 10.2 Å². The van der Waals surface area contributed by atoms with Crippen molar-refractivity contribution in [2.45, 2.75) is 19.8 Å². The van der Waals surface area contributed by atoms with E-state index in [1.807, 2.05) is 19.0 Å². The van der Waals surface area contributed by atoms with Gasteiger partial charge in [-0.3, -0.25) is 4.79 Å². The zero-order chi connectivity index (χ0) is 13.5. The minimum absolute atomic E-state index is 0.0986. The molecule has 5 heteroatoms. The number of halogens is 1. The van der Waals surface area contributed by atoms with Crippen molar-refractivity contribution in [1.29, 1.82) is 0 Å². The summed E-state index contributed by atoms with van der Waals surface area (Å²) in [5, 5.41) is 3.23. The van der Waals surface area contributed by atoms with E-state index >= 15 is 0 Å². The lowest BCUT2D eigenvalue weighted by Crippen LogP contribution is -2.31. The van der Waals surface area contributed by atoms with Crippen molar-refractivity contribution in [1.82, 2.24) is 15.2 Å². The number of likely N-dealkylation sites (N-methyl/N-ethyl adjacent to an activating group) is 1. The molecule has 4 nitrogen and oxygen atoms in total. The monoisotopic (exact) mass is 269 g/mol. The average Bonchev–Trinajstić information content (AvgIpc) is 2.28. The van der Waals surface area contributed by atoms with E-state index in [1.54, 1.807) is 12.1 Å². The third-order valence-corrected chi connectivity index (χ3v) is 2.65. The number of nitrogens with one attached hydrogen (secondary N) is 1. The summed E-state index contributed by atoms with van der Waals surface area (Å²) in [6, 6.07) is 3.41. The molecular weight excluding hydrogens is 250 g/mol. The number of pyridine rings is 1. The van der Waals surface area contributed by atoms with Crippen LogP contribution in [-0.4, -0.2) is 43.0 Å². The van der Waals surface area contributed by atoms with Crippen LogP contribution in [0.4, 0.5) is 0 Å². The summed E-state index contributed by atoms with van der Waals surface area (Å²) in [6.45, 7) is 3.50. The third-order valence-electron chi connectivity index (χ3n) is 2.46. The van der Waals surface area contributed by atoms with Crippen LogP contribution >= 0.6 is 11.6 Å². The number of aromatic nitrogens is 1. The molecule has 0 spiro atoms. The Morgan fingerprint density at radius 1 is 1.44 bits per heavy atom. The van der Waals surface area contributed by atoms with Crippen molar-refractivity contribution in [3.63, 3.8) is 0 Å². The fraction of sp³-hybridized carbons (Fsp3) is 0.538. The molecule has 1 amide bonds. The SMILES string of the molecule is CCCc1cc(C(=O)NCCN(C)C)cc(Cl)n1. The smallest absolute Gasteiger partial charge is 0.251 e. The Morgan fingerprint density at radius 2 is 2.17 bits per heavy atom. The molecule has 0 atom stereocenters. The molecule has 0 saturated carbocycles. The fourth-order valence-electron chi connectivity index (χ4n) is 1.56. The highest BCUT2D eigenvalue weighted by Gasteiger charge is 2.08. The van der Waals surface area contributed by atoms with Crippen molar-refractivity contribution < 1.29 is 4.79 Å². The molecule has 0 aromatic carbocycles. The van der Waals surface area contributed by atoms with Crippen LogP contribution in [0.5, 0.6) is 0 Å². The first kappa shape index (κ1) is 14.9. The molecular formula is C13H20ClN3O. The Morgan fingerprint density at radius 3 is 2.78 bits per heavy atom. The van der Waals surface area contributed by atoms with E-state index in [9.17, 15) is 4.79 Å². The number of rotatable bonds is 6. The Balaban J connectivity index is 2.66. The number of carbonyl (C=O) groups excluding carboxylic acids is 1. The van der Waals surface area contributed by atoms with Crippen molar-refractivity contribution in [2.24, 2.45) is 0 Å². The van der Waals surface area contributed by atoms with Gasteiger partial charge in [-0.15, -0.1) is 0 Å². The Kier molecular flexibility index (Phi) is 6.09. The van der Waals surface area contributed by atoms with Gasteiger partial charge in [-0.2, -0.15) is 0 Å². The second-order valence-corrected chi connectivity index (χ2v) is 4.87. The van der Waals surface area contributed by atoms with Crippen LogP contribution in [0.1, 0.15) is 29.4 Å². The number of aryl methyl sites for hydroxylation is 1. The van der Waals surface area contributed by atoms with Gasteiger partial charge in [0.15, 0.2) is 0 Å². The van der Waals surface area contributed by atoms with E-state index < -0.39 is 0 Å². The van der Waals surface area contributed by atoms with Crippen LogP contribution in [-0.2, 0) is 6.42 Å². The van der Waals surface area contributed by atoms with E-state index in [4.69, 9.17) is 11.6 Å². The van der Waals surface area contributed by atoms with Crippen LogP contribution in [0.3, 0.4) is 0 Å². The molecule has 18 heavy (non-hydrogen) atoms. The summed E-state index contributed by atoms with van der Waals surface area (Å²) in [4.78, 5) is 18.1. The van der Waals surface area contributed by atoms with Gasteiger partial charge in [0, 0.05) is 24.3 Å². The van der Waals surface area contributed by atoms with E-state index in [-0.39, 0.29) is 5.91 Å². The number of amides is 1. The van der Waals surface area contributed by atoms with Gasteiger partial charge in [-0.1, -0.05) is 24.9 Å². The highest BCUT2D eigenvalue weighted by atomic mass is 35.5. The molecule has 100 valence electrons. The zero-order valence-electron chi connectivity index (χ0n) is 11.2. The number of carbonyl (C=O) groups is 1. The fourth-order valence-corrected chi connectivity index (χ4v) is 1.79. The number of nitrogens with zero attached hydrogens (tertiary/aromatic N) is 2. The summed E-state index contributed by atoms with van der Waals surface area (Å²) in [7, 11) is 3.93. The van der Waals surface area contributed by atoms with Gasteiger partial charge in [0.2, 0.25) is 0 Å². The molecule has 0 fully saturated rings. The zero-order valence-corrected chi connectivity index (χ0v) is 11.9. The average molecular weight is 270 g/mol. The minimum atomic E-state index is -0.0986. The van der Waals surface area contributed by atoms with E-state index in [0.29, 0.717) is 17.3 Å². The lowest BCUT2D eigenvalue weighted by molar-refractivity contribution is 0.0951. The van der Waals surface area contributed by atoms with Gasteiger partial charge in [0.05, 0.1) is 0 Å². The highest BCUT2D eigenvalue weighted by Crippen LogP contribution is 2.12. The maximum atomic E-state index is 11.9. The van der Waals surface area contributed by atoms with Crippen LogP contribution in [0, 0.1) is 0 Å². The summed E-state index contributed by atoms with van der Waals surface area (Å²) in [5.74, 6) is -0.0986. The van der Waals surface area contributed by atoms with Gasteiger partial charge in [-0.25, -0.2) is 4.98 Å². The predicted octanol–water partition coefficient (Wildman–Crippen LogP) is 1.98. The molecule has 1 heterocycles. The van der Waals surface area contributed by atoms with Crippen LogP contribution < -0.4 is 5.32 Å². The molecule has 1 N–H and O–H groups in total. The summed E-state index contributed by atoms with van der Waals surface area (Å²) in [6.07, 6.45) is 1.81. The normalized spacial score (nSPS) is 10.7. The molecule has 0 unspecified atom stereocenters. The molecule has 0 aliphatic carbocycles. The largest absolute Gasteiger partial charge is 0.351 e. The van der Waals surface area contributed by atoms with Gasteiger partial charge >= 0.3 is 0 Å². The quantitative estimate of drug-likeness (QED) is 0.804. The molecule has 1 aromatic rings. The Hall–Kier alpha value is -1.13. The first-order chi connectivity index (χ1) is 8.52. The predicted molar refractivity (Wildman–Crippen MR) is 74.1 cm³/mol. The maximum absolute atomic E-state index is 11.9. The summed E-state index contributed by atoms with van der Waals surface area (Å²) in [5.41, 5.74) is 1.44. The van der Waals surface area contributed by atoms with Crippen molar-refractivity contribution in [3.05, 3.63) is 28.5 Å². The number of hydrogen-bond acceptors (Lipinski definition) is 3. The molecule has 0 radical (unpaired) electrons. The van der Waals surface area contributed by atoms with Crippen LogP contribution in [0.25, 0.3) is 0 Å². The van der Waals surface area contributed by atoms with Crippen molar-refractivity contribution in [2.75, 3.05) is 27.2 Å². The highest BCUT2D eigenvalue weighted by molar-refractivity contribution is 6.29. The molecule has 0 aliphatic heterocycles. The van der Waals surface area contributed by atoms with Gasteiger partial charge in [0.25, 0.3) is 5.91 Å². The Bertz CT molecular complexity index is 407. The van der Waals surface area contributed by atoms with E-state index in [1.165, 1.54) is 0 Å². The standard InChI is InChI=1S/C13H20ClN3O/c1-4-5-11-8-10(9-12(14)16-11)13(18)15-6-7-17(2)3/h8-9H,4-7H2,1-3H3,(H,15,18). The molecule has 0 bridgehead atoms.